The molecule has 0 heterocycles. The van der Waals surface area contributed by atoms with Gasteiger partial charge in [-0.15, -0.1) is 0 Å². The average Bonchev–Trinajstić information content (AvgIpc) is 2.80. The van der Waals surface area contributed by atoms with E-state index in [1.54, 1.807) is 57.6 Å². The van der Waals surface area contributed by atoms with Gasteiger partial charge < -0.3 is 15.0 Å². The number of nitrogens with one attached hydrogen (secondary N) is 2. The van der Waals surface area contributed by atoms with Crippen molar-refractivity contribution in [3.8, 4) is 5.75 Å². The molecule has 0 radical (unpaired) electrons. The summed E-state index contributed by atoms with van der Waals surface area (Å²) in [5, 5.41) is 6.04. The quantitative estimate of drug-likeness (QED) is 0.564. The highest BCUT2D eigenvalue weighted by Gasteiger charge is 2.16. The maximum Gasteiger partial charge on any atom is 0.253 e. The standard InChI is InChI=1S/C25H26FN3O3/c1-29(2)25(31)19-5-4-6-21(15-19)28-23(30)16-27-24(17-7-11-20(26)12-8-17)18-9-13-22(32-3)14-10-18/h4-15,24,27H,16H2,1-3H3,(H,28,30). The Hall–Kier alpha value is -3.71. The highest BCUT2D eigenvalue weighted by atomic mass is 19.1. The van der Waals surface area contributed by atoms with Crippen molar-refractivity contribution in [3.63, 3.8) is 0 Å². The first-order valence-electron chi connectivity index (χ1n) is 10.1. The minimum absolute atomic E-state index is 0.0138. The predicted octanol–water partition coefficient (Wildman–Crippen LogP) is 3.85. The lowest BCUT2D eigenvalue weighted by Gasteiger charge is -2.20. The number of hydrogen-bond donors (Lipinski definition) is 2. The van der Waals surface area contributed by atoms with Crippen molar-refractivity contribution in [1.82, 2.24) is 10.2 Å². The summed E-state index contributed by atoms with van der Waals surface area (Å²) in [5.41, 5.74) is 2.75. The fourth-order valence-corrected chi connectivity index (χ4v) is 3.27. The van der Waals surface area contributed by atoms with Crippen LogP contribution in [-0.4, -0.2) is 44.5 Å². The molecule has 1 unspecified atom stereocenters. The van der Waals surface area contributed by atoms with Crippen molar-refractivity contribution in [1.29, 1.82) is 0 Å². The molecular weight excluding hydrogens is 409 g/mol. The molecule has 0 fully saturated rings. The van der Waals surface area contributed by atoms with Crippen LogP contribution in [0, 0.1) is 5.82 Å². The molecule has 32 heavy (non-hydrogen) atoms. The number of benzene rings is 3. The zero-order chi connectivity index (χ0) is 23.1. The van der Waals surface area contributed by atoms with Gasteiger partial charge in [0.25, 0.3) is 5.91 Å². The number of anilines is 1. The van der Waals surface area contributed by atoms with E-state index in [4.69, 9.17) is 4.74 Å². The summed E-state index contributed by atoms with van der Waals surface area (Å²) in [6, 6.07) is 20.1. The second-order valence-corrected chi connectivity index (χ2v) is 7.47. The minimum atomic E-state index is -0.327. The molecule has 166 valence electrons. The lowest BCUT2D eigenvalue weighted by atomic mass is 9.98. The molecule has 1 atom stereocenters. The molecule has 2 amide bonds. The minimum Gasteiger partial charge on any atom is -0.497 e. The summed E-state index contributed by atoms with van der Waals surface area (Å²) in [7, 11) is 4.94. The summed E-state index contributed by atoms with van der Waals surface area (Å²) in [6.45, 7) is 0.0138. The molecule has 0 aromatic heterocycles. The van der Waals surface area contributed by atoms with E-state index in [2.05, 4.69) is 10.6 Å². The highest BCUT2D eigenvalue weighted by molar-refractivity contribution is 5.97. The molecule has 7 heteroatoms. The lowest BCUT2D eigenvalue weighted by molar-refractivity contribution is -0.115. The maximum absolute atomic E-state index is 13.4. The van der Waals surface area contributed by atoms with Gasteiger partial charge in [0, 0.05) is 25.3 Å². The van der Waals surface area contributed by atoms with Crippen LogP contribution in [0.4, 0.5) is 10.1 Å². The largest absolute Gasteiger partial charge is 0.497 e. The van der Waals surface area contributed by atoms with Gasteiger partial charge in [0.2, 0.25) is 5.91 Å². The normalized spacial score (nSPS) is 11.5. The van der Waals surface area contributed by atoms with Crippen LogP contribution >= 0.6 is 0 Å². The SMILES string of the molecule is COc1ccc(C(NCC(=O)Nc2cccc(C(=O)N(C)C)c2)c2ccc(F)cc2)cc1. The number of ether oxygens (including phenoxy) is 1. The van der Waals surface area contributed by atoms with Crippen LogP contribution in [0.15, 0.2) is 72.8 Å². The summed E-state index contributed by atoms with van der Waals surface area (Å²) in [4.78, 5) is 26.2. The molecule has 6 nitrogen and oxygen atoms in total. The van der Waals surface area contributed by atoms with E-state index in [0.717, 1.165) is 16.9 Å². The molecular formula is C25H26FN3O3. The summed E-state index contributed by atoms with van der Waals surface area (Å²) < 4.78 is 18.6. The van der Waals surface area contributed by atoms with E-state index in [1.807, 2.05) is 24.3 Å². The van der Waals surface area contributed by atoms with Gasteiger partial charge in [-0.05, 0) is 53.6 Å². The molecule has 0 aliphatic carbocycles. The molecule has 0 saturated heterocycles. The molecule has 0 spiro atoms. The van der Waals surface area contributed by atoms with Gasteiger partial charge in [-0.3, -0.25) is 14.9 Å². The fourth-order valence-electron chi connectivity index (χ4n) is 3.27. The number of hydrogen-bond acceptors (Lipinski definition) is 4. The number of halogens is 1. The Morgan fingerprint density at radius 1 is 0.969 bits per heavy atom. The highest BCUT2D eigenvalue weighted by Crippen LogP contribution is 2.24. The van der Waals surface area contributed by atoms with E-state index in [0.29, 0.717) is 11.3 Å². The van der Waals surface area contributed by atoms with Crippen molar-refractivity contribution < 1.29 is 18.7 Å². The number of amides is 2. The molecule has 0 saturated carbocycles. The van der Waals surface area contributed by atoms with Crippen LogP contribution in [-0.2, 0) is 4.79 Å². The number of carbonyl (C=O) groups excluding carboxylic acids is 2. The Labute approximate surface area is 187 Å². The molecule has 2 N–H and O–H groups in total. The van der Waals surface area contributed by atoms with Crippen molar-refractivity contribution in [3.05, 3.63) is 95.3 Å². The van der Waals surface area contributed by atoms with Crippen molar-refractivity contribution in [2.75, 3.05) is 33.1 Å². The molecule has 0 bridgehead atoms. The summed E-state index contributed by atoms with van der Waals surface area (Å²) in [6.07, 6.45) is 0. The van der Waals surface area contributed by atoms with Crippen LogP contribution in [0.1, 0.15) is 27.5 Å². The second kappa shape index (κ2) is 10.5. The first-order valence-corrected chi connectivity index (χ1v) is 10.1. The number of carbonyl (C=O) groups is 2. The lowest BCUT2D eigenvalue weighted by Crippen LogP contribution is -2.32. The van der Waals surface area contributed by atoms with Crippen molar-refractivity contribution in [2.24, 2.45) is 0 Å². The third kappa shape index (κ3) is 5.92. The predicted molar refractivity (Wildman–Crippen MR) is 122 cm³/mol. The molecule has 3 aromatic carbocycles. The first kappa shape index (κ1) is 23.0. The van der Waals surface area contributed by atoms with Crippen LogP contribution < -0.4 is 15.4 Å². The van der Waals surface area contributed by atoms with Gasteiger partial charge in [-0.2, -0.15) is 0 Å². The second-order valence-electron chi connectivity index (χ2n) is 7.47. The maximum atomic E-state index is 13.4. The van der Waals surface area contributed by atoms with Crippen molar-refractivity contribution >= 4 is 17.5 Å². The van der Waals surface area contributed by atoms with Gasteiger partial charge in [0.1, 0.15) is 11.6 Å². The Bertz CT molecular complexity index is 1070. The number of methoxy groups -OCH3 is 1. The Morgan fingerprint density at radius 3 is 2.19 bits per heavy atom. The van der Waals surface area contributed by atoms with Gasteiger partial charge in [-0.1, -0.05) is 30.3 Å². The van der Waals surface area contributed by atoms with Crippen molar-refractivity contribution in [2.45, 2.75) is 6.04 Å². The summed E-state index contributed by atoms with van der Waals surface area (Å²) >= 11 is 0. The van der Waals surface area contributed by atoms with Gasteiger partial charge in [0.15, 0.2) is 0 Å². The van der Waals surface area contributed by atoms with Gasteiger partial charge in [-0.25, -0.2) is 4.39 Å². The number of rotatable bonds is 8. The monoisotopic (exact) mass is 435 g/mol. The first-order chi connectivity index (χ1) is 15.4. The van der Waals surface area contributed by atoms with E-state index in [9.17, 15) is 14.0 Å². The van der Waals surface area contributed by atoms with Gasteiger partial charge in [0.05, 0.1) is 19.7 Å². The van der Waals surface area contributed by atoms with E-state index in [-0.39, 0.29) is 30.2 Å². The fraction of sp³-hybridized carbons (Fsp3) is 0.200. The molecule has 0 aliphatic heterocycles. The van der Waals surface area contributed by atoms with Crippen LogP contribution in [0.25, 0.3) is 0 Å². The van der Waals surface area contributed by atoms with E-state index in [1.165, 1.54) is 17.0 Å². The van der Waals surface area contributed by atoms with Crippen LogP contribution in [0.5, 0.6) is 5.75 Å². The van der Waals surface area contributed by atoms with Crippen LogP contribution in [0.3, 0.4) is 0 Å². The molecule has 0 aliphatic rings. The Kier molecular flexibility index (Phi) is 7.57. The third-order valence-electron chi connectivity index (χ3n) is 4.92. The van der Waals surface area contributed by atoms with Gasteiger partial charge >= 0.3 is 0 Å². The van der Waals surface area contributed by atoms with E-state index < -0.39 is 0 Å². The zero-order valence-corrected chi connectivity index (χ0v) is 18.3. The smallest absolute Gasteiger partial charge is 0.253 e. The Morgan fingerprint density at radius 2 is 1.59 bits per heavy atom. The number of nitrogens with zero attached hydrogens (tertiary/aromatic N) is 1. The average molecular weight is 435 g/mol. The Balaban J connectivity index is 1.73. The topological polar surface area (TPSA) is 70.7 Å². The summed E-state index contributed by atoms with van der Waals surface area (Å²) in [5.74, 6) is -0.0150. The molecule has 3 aromatic rings. The third-order valence-corrected chi connectivity index (χ3v) is 4.92. The van der Waals surface area contributed by atoms with E-state index >= 15 is 0 Å². The molecule has 3 rings (SSSR count). The van der Waals surface area contributed by atoms with Crippen LogP contribution in [0.2, 0.25) is 0 Å². The zero-order valence-electron chi connectivity index (χ0n) is 18.3.